The Balaban J connectivity index is 1.59. The second-order valence-corrected chi connectivity index (χ2v) is 5.41. The van der Waals surface area contributed by atoms with E-state index < -0.39 is 6.04 Å². The zero-order valence-electron chi connectivity index (χ0n) is 13.4. The maximum Gasteiger partial charge on any atom is 0.242 e. The number of methoxy groups -OCH3 is 1. The van der Waals surface area contributed by atoms with Crippen LogP contribution in [-0.4, -0.2) is 25.2 Å². The number of para-hydroxylation sites is 2. The second kappa shape index (κ2) is 7.78. The van der Waals surface area contributed by atoms with Gasteiger partial charge in [-0.25, -0.2) is 10.9 Å². The van der Waals surface area contributed by atoms with Crippen molar-refractivity contribution >= 4 is 11.6 Å². The van der Waals surface area contributed by atoms with Crippen LogP contribution < -0.4 is 31.8 Å². The van der Waals surface area contributed by atoms with Gasteiger partial charge in [-0.2, -0.15) is 5.53 Å². The van der Waals surface area contributed by atoms with Crippen LogP contribution in [0.5, 0.6) is 5.75 Å². The summed E-state index contributed by atoms with van der Waals surface area (Å²) in [5, 5.41) is 6.20. The summed E-state index contributed by atoms with van der Waals surface area (Å²) >= 11 is 0. The third-order valence-corrected chi connectivity index (χ3v) is 3.81. The molecule has 126 valence electrons. The number of nitrogens with one attached hydrogen (secondary N) is 5. The minimum absolute atomic E-state index is 0.119. The Morgan fingerprint density at radius 2 is 1.83 bits per heavy atom. The first-order chi connectivity index (χ1) is 11.8. The van der Waals surface area contributed by atoms with Crippen molar-refractivity contribution in [3.05, 3.63) is 60.2 Å². The van der Waals surface area contributed by atoms with Gasteiger partial charge in [0, 0.05) is 17.8 Å². The molecule has 3 rings (SSSR count). The Kier molecular flexibility index (Phi) is 5.27. The number of benzene rings is 2. The van der Waals surface area contributed by atoms with Gasteiger partial charge < -0.3 is 15.4 Å². The summed E-state index contributed by atoms with van der Waals surface area (Å²) in [4.78, 5) is 12.5. The van der Waals surface area contributed by atoms with Gasteiger partial charge in [-0.3, -0.25) is 4.79 Å². The molecule has 7 nitrogen and oxygen atoms in total. The zero-order valence-corrected chi connectivity index (χ0v) is 13.4. The number of ether oxygens (including phenoxy) is 1. The molecule has 1 heterocycles. The highest BCUT2D eigenvalue weighted by atomic mass is 16.5. The van der Waals surface area contributed by atoms with Gasteiger partial charge in [-0.15, -0.1) is 0 Å². The lowest BCUT2D eigenvalue weighted by Crippen LogP contribution is -2.50. The molecule has 1 saturated heterocycles. The zero-order chi connectivity index (χ0) is 16.8. The number of rotatable bonds is 6. The van der Waals surface area contributed by atoms with Gasteiger partial charge in [0.05, 0.1) is 7.11 Å². The normalized spacial score (nSPS) is 19.7. The van der Waals surface area contributed by atoms with E-state index in [1.165, 1.54) is 0 Å². The van der Waals surface area contributed by atoms with Crippen molar-refractivity contribution in [2.24, 2.45) is 0 Å². The first kappa shape index (κ1) is 16.3. The maximum absolute atomic E-state index is 12.5. The Hall–Kier alpha value is -2.61. The van der Waals surface area contributed by atoms with E-state index in [2.05, 4.69) is 27.0 Å². The molecule has 5 N–H and O–H groups in total. The molecule has 0 spiro atoms. The van der Waals surface area contributed by atoms with Gasteiger partial charge in [0.2, 0.25) is 5.91 Å². The first-order valence-electron chi connectivity index (χ1n) is 7.75. The van der Waals surface area contributed by atoms with Crippen molar-refractivity contribution < 1.29 is 9.53 Å². The molecule has 0 bridgehead atoms. The van der Waals surface area contributed by atoms with Crippen LogP contribution in [0.4, 0.5) is 5.69 Å². The van der Waals surface area contributed by atoms with Crippen LogP contribution in [0.1, 0.15) is 5.56 Å². The van der Waals surface area contributed by atoms with E-state index in [9.17, 15) is 4.79 Å². The van der Waals surface area contributed by atoms with Crippen LogP contribution in [0, 0.1) is 0 Å². The molecule has 1 aliphatic rings. The van der Waals surface area contributed by atoms with Crippen molar-refractivity contribution in [1.82, 2.24) is 21.7 Å². The minimum atomic E-state index is -0.458. The molecular weight excluding hydrogens is 306 g/mol. The molecular formula is C17H21N5O2. The van der Waals surface area contributed by atoms with E-state index in [0.29, 0.717) is 6.54 Å². The van der Waals surface area contributed by atoms with Gasteiger partial charge >= 0.3 is 0 Å². The highest BCUT2D eigenvalue weighted by Gasteiger charge is 2.32. The summed E-state index contributed by atoms with van der Waals surface area (Å²) < 4.78 is 5.30. The standard InChI is InChI=1S/C17H21N5O2/c1-24-14-10-6-5-7-12(14)11-18-17(23)15-16(21-22-20-15)19-13-8-3-2-4-9-13/h2-10,15-16,19-22H,11H2,1H3,(H,18,23). The molecule has 2 atom stereocenters. The SMILES string of the molecule is COc1ccccc1CNC(=O)C1NNNC1Nc1ccccc1. The summed E-state index contributed by atoms with van der Waals surface area (Å²) in [5.41, 5.74) is 10.6. The molecule has 2 unspecified atom stereocenters. The Bertz CT molecular complexity index is 680. The fraction of sp³-hybridized carbons (Fsp3) is 0.235. The van der Waals surface area contributed by atoms with Crippen LogP contribution >= 0.6 is 0 Å². The third kappa shape index (κ3) is 3.83. The van der Waals surface area contributed by atoms with Crippen molar-refractivity contribution in [1.29, 1.82) is 0 Å². The maximum atomic E-state index is 12.5. The smallest absolute Gasteiger partial charge is 0.242 e. The van der Waals surface area contributed by atoms with Gasteiger partial charge in [-0.05, 0) is 18.2 Å². The van der Waals surface area contributed by atoms with Crippen molar-refractivity contribution in [2.45, 2.75) is 18.8 Å². The van der Waals surface area contributed by atoms with E-state index in [0.717, 1.165) is 17.0 Å². The number of anilines is 1. The topological polar surface area (TPSA) is 86.5 Å². The molecule has 0 aliphatic carbocycles. The van der Waals surface area contributed by atoms with Crippen molar-refractivity contribution in [3.63, 3.8) is 0 Å². The lowest BCUT2D eigenvalue weighted by Gasteiger charge is -2.20. The largest absolute Gasteiger partial charge is 0.496 e. The van der Waals surface area contributed by atoms with Gasteiger partial charge in [0.15, 0.2) is 0 Å². The molecule has 0 radical (unpaired) electrons. The van der Waals surface area contributed by atoms with Crippen LogP contribution in [0.3, 0.4) is 0 Å². The number of hydrogen-bond acceptors (Lipinski definition) is 6. The van der Waals surface area contributed by atoms with Crippen LogP contribution in [-0.2, 0) is 11.3 Å². The van der Waals surface area contributed by atoms with E-state index >= 15 is 0 Å². The van der Waals surface area contributed by atoms with E-state index in [4.69, 9.17) is 4.74 Å². The predicted octanol–water partition coefficient (Wildman–Crippen LogP) is 0.731. The number of hydrogen-bond donors (Lipinski definition) is 5. The van der Waals surface area contributed by atoms with Gasteiger partial charge in [0.1, 0.15) is 18.0 Å². The first-order valence-corrected chi connectivity index (χ1v) is 7.75. The van der Waals surface area contributed by atoms with Gasteiger partial charge in [-0.1, -0.05) is 36.4 Å². The lowest BCUT2D eigenvalue weighted by molar-refractivity contribution is -0.123. The summed E-state index contributed by atoms with van der Waals surface area (Å²) in [6, 6.07) is 16.9. The highest BCUT2D eigenvalue weighted by molar-refractivity contribution is 5.83. The monoisotopic (exact) mass is 327 g/mol. The molecule has 1 fully saturated rings. The number of amides is 1. The quantitative estimate of drug-likeness (QED) is 0.538. The van der Waals surface area contributed by atoms with E-state index in [1.807, 2.05) is 54.6 Å². The van der Waals surface area contributed by atoms with Crippen molar-refractivity contribution in [3.8, 4) is 5.75 Å². The molecule has 2 aromatic rings. The third-order valence-electron chi connectivity index (χ3n) is 3.81. The number of carbonyl (C=O) groups is 1. The predicted molar refractivity (Wildman–Crippen MR) is 91.9 cm³/mol. The van der Waals surface area contributed by atoms with Gasteiger partial charge in [0.25, 0.3) is 0 Å². The minimum Gasteiger partial charge on any atom is -0.496 e. The summed E-state index contributed by atoms with van der Waals surface area (Å²) in [7, 11) is 1.62. The molecule has 0 saturated carbocycles. The number of carbonyl (C=O) groups excluding carboxylic acids is 1. The second-order valence-electron chi connectivity index (χ2n) is 5.41. The van der Waals surface area contributed by atoms with E-state index in [-0.39, 0.29) is 12.1 Å². The fourth-order valence-corrected chi connectivity index (χ4v) is 2.56. The Labute approximate surface area is 140 Å². The Morgan fingerprint density at radius 1 is 1.08 bits per heavy atom. The molecule has 1 amide bonds. The molecule has 7 heteroatoms. The summed E-state index contributed by atoms with van der Waals surface area (Å²) in [5.74, 6) is 0.638. The average Bonchev–Trinajstić information content (AvgIpc) is 3.09. The highest BCUT2D eigenvalue weighted by Crippen LogP contribution is 2.17. The Morgan fingerprint density at radius 3 is 2.62 bits per heavy atom. The molecule has 24 heavy (non-hydrogen) atoms. The average molecular weight is 327 g/mol. The summed E-state index contributed by atoms with van der Waals surface area (Å²) in [6.07, 6.45) is -0.273. The van der Waals surface area contributed by atoms with Crippen LogP contribution in [0.25, 0.3) is 0 Å². The number of hydrazine groups is 2. The van der Waals surface area contributed by atoms with Crippen LogP contribution in [0.2, 0.25) is 0 Å². The summed E-state index contributed by atoms with van der Waals surface area (Å²) in [6.45, 7) is 0.402. The van der Waals surface area contributed by atoms with E-state index in [1.54, 1.807) is 7.11 Å². The van der Waals surface area contributed by atoms with Crippen LogP contribution in [0.15, 0.2) is 54.6 Å². The lowest BCUT2D eigenvalue weighted by atomic mass is 10.1. The van der Waals surface area contributed by atoms with Crippen molar-refractivity contribution in [2.75, 3.05) is 12.4 Å². The molecule has 2 aromatic carbocycles. The fourth-order valence-electron chi connectivity index (χ4n) is 2.56. The molecule has 0 aromatic heterocycles. The molecule has 1 aliphatic heterocycles.